The quantitative estimate of drug-likeness (QED) is 0.235. The van der Waals surface area contributed by atoms with Gasteiger partial charge in [0.25, 0.3) is 0 Å². The zero-order valence-corrected chi connectivity index (χ0v) is 15.5. The summed E-state index contributed by atoms with van der Waals surface area (Å²) in [5.74, 6) is -7.07. The van der Waals surface area contributed by atoms with Gasteiger partial charge >= 0.3 is 23.9 Å². The van der Waals surface area contributed by atoms with Gasteiger partial charge in [-0.25, -0.2) is 0 Å². The van der Waals surface area contributed by atoms with Crippen LogP contribution in [0.5, 0.6) is 0 Å². The predicted octanol–water partition coefficient (Wildman–Crippen LogP) is 1.64. The molecule has 28 heavy (non-hydrogen) atoms. The van der Waals surface area contributed by atoms with Crippen molar-refractivity contribution in [3.05, 3.63) is 0 Å². The topological polar surface area (TPSA) is 175 Å². The standard InChI is InChI=1S/C18H24N2O8/c19-9-5-7-13(15(21)22)17(25)27-11-3-1-2-4-12-28-18(26)14(16(23)24)8-6-10-20/h13-14H,1-8,11-12H2,(H,21,22)(H,23,24). The van der Waals surface area contributed by atoms with Crippen LogP contribution in [-0.4, -0.2) is 47.3 Å². The molecule has 0 rings (SSSR count). The highest BCUT2D eigenvalue weighted by Crippen LogP contribution is 2.11. The zero-order valence-electron chi connectivity index (χ0n) is 15.5. The number of carboxylic acid groups (broad SMARTS) is 2. The van der Waals surface area contributed by atoms with E-state index in [1.54, 1.807) is 12.1 Å². The van der Waals surface area contributed by atoms with Crippen LogP contribution < -0.4 is 0 Å². The van der Waals surface area contributed by atoms with Crippen molar-refractivity contribution in [1.29, 1.82) is 10.5 Å². The molecule has 2 atom stereocenters. The molecule has 0 fully saturated rings. The summed E-state index contributed by atoms with van der Waals surface area (Å²) < 4.78 is 9.79. The van der Waals surface area contributed by atoms with Gasteiger partial charge in [0.15, 0.2) is 11.8 Å². The Bertz CT molecular complexity index is 566. The first kappa shape index (κ1) is 24.9. The minimum absolute atomic E-state index is 0.0458. The molecule has 2 unspecified atom stereocenters. The first-order valence-corrected chi connectivity index (χ1v) is 8.87. The molecule has 10 nitrogen and oxygen atoms in total. The van der Waals surface area contributed by atoms with E-state index in [0.717, 1.165) is 0 Å². The molecular formula is C18H24N2O8. The first-order valence-electron chi connectivity index (χ1n) is 8.87. The van der Waals surface area contributed by atoms with E-state index in [4.69, 9.17) is 30.2 Å². The van der Waals surface area contributed by atoms with Gasteiger partial charge in [-0.05, 0) is 38.5 Å². The molecular weight excluding hydrogens is 372 g/mol. The van der Waals surface area contributed by atoms with Gasteiger partial charge in [-0.3, -0.25) is 19.2 Å². The molecule has 0 aromatic heterocycles. The van der Waals surface area contributed by atoms with Crippen molar-refractivity contribution in [1.82, 2.24) is 0 Å². The Balaban J connectivity index is 3.92. The highest BCUT2D eigenvalue weighted by Gasteiger charge is 2.28. The van der Waals surface area contributed by atoms with Gasteiger partial charge in [0.2, 0.25) is 0 Å². The number of unbranched alkanes of at least 4 members (excludes halogenated alkanes) is 3. The molecule has 0 saturated carbocycles. The predicted molar refractivity (Wildman–Crippen MR) is 92.3 cm³/mol. The third kappa shape index (κ3) is 10.8. The summed E-state index contributed by atoms with van der Waals surface area (Å²) >= 11 is 0. The third-order valence-corrected chi connectivity index (χ3v) is 3.78. The minimum Gasteiger partial charge on any atom is -0.481 e. The molecule has 0 aliphatic carbocycles. The van der Waals surface area contributed by atoms with Gasteiger partial charge in [-0.1, -0.05) is 0 Å². The molecule has 0 aliphatic heterocycles. The van der Waals surface area contributed by atoms with Crippen molar-refractivity contribution in [3.63, 3.8) is 0 Å². The smallest absolute Gasteiger partial charge is 0.320 e. The van der Waals surface area contributed by atoms with Crippen molar-refractivity contribution in [2.45, 2.75) is 51.4 Å². The third-order valence-electron chi connectivity index (χ3n) is 3.78. The maximum Gasteiger partial charge on any atom is 0.320 e. The van der Waals surface area contributed by atoms with Gasteiger partial charge in [-0.2, -0.15) is 10.5 Å². The summed E-state index contributed by atoms with van der Waals surface area (Å²) in [6.07, 6.45) is 1.96. The Morgan fingerprint density at radius 1 is 0.714 bits per heavy atom. The van der Waals surface area contributed by atoms with E-state index in [1.165, 1.54) is 0 Å². The van der Waals surface area contributed by atoms with Crippen molar-refractivity contribution >= 4 is 23.9 Å². The van der Waals surface area contributed by atoms with Crippen LogP contribution in [0.2, 0.25) is 0 Å². The fourth-order valence-electron chi connectivity index (χ4n) is 2.21. The zero-order chi connectivity index (χ0) is 21.4. The molecule has 0 aromatic carbocycles. The number of carboxylic acids is 2. The molecule has 0 saturated heterocycles. The second-order valence-corrected chi connectivity index (χ2v) is 5.92. The molecule has 0 radical (unpaired) electrons. The lowest BCUT2D eigenvalue weighted by Crippen LogP contribution is -2.26. The van der Waals surface area contributed by atoms with Crippen LogP contribution in [0.1, 0.15) is 51.4 Å². The molecule has 0 bridgehead atoms. The number of carbonyl (C=O) groups is 4. The van der Waals surface area contributed by atoms with Crippen LogP contribution >= 0.6 is 0 Å². The molecule has 2 N–H and O–H groups in total. The van der Waals surface area contributed by atoms with E-state index in [1.807, 2.05) is 0 Å². The summed E-state index contributed by atoms with van der Waals surface area (Å²) in [7, 11) is 0. The van der Waals surface area contributed by atoms with Crippen LogP contribution in [-0.2, 0) is 28.7 Å². The van der Waals surface area contributed by atoms with Crippen molar-refractivity contribution in [2.75, 3.05) is 13.2 Å². The van der Waals surface area contributed by atoms with Gasteiger partial charge in [0.05, 0.1) is 25.4 Å². The lowest BCUT2D eigenvalue weighted by molar-refractivity contribution is -0.161. The van der Waals surface area contributed by atoms with E-state index in [-0.39, 0.29) is 38.9 Å². The summed E-state index contributed by atoms with van der Waals surface area (Å²) in [6, 6.07) is 3.56. The van der Waals surface area contributed by atoms with Crippen LogP contribution in [0.15, 0.2) is 0 Å². The van der Waals surface area contributed by atoms with E-state index < -0.39 is 35.7 Å². The summed E-state index contributed by atoms with van der Waals surface area (Å²) in [5, 5.41) is 34.8. The van der Waals surface area contributed by atoms with E-state index in [0.29, 0.717) is 25.7 Å². The number of carbonyl (C=O) groups excluding carboxylic acids is 2. The molecule has 0 spiro atoms. The maximum atomic E-state index is 11.7. The Morgan fingerprint density at radius 2 is 1.07 bits per heavy atom. The number of ether oxygens (including phenoxy) is 2. The molecule has 10 heteroatoms. The lowest BCUT2D eigenvalue weighted by Gasteiger charge is -2.11. The summed E-state index contributed by atoms with van der Waals surface area (Å²) in [4.78, 5) is 45.2. The van der Waals surface area contributed by atoms with E-state index in [2.05, 4.69) is 0 Å². The average Bonchev–Trinajstić information content (AvgIpc) is 2.63. The molecule has 0 aliphatic rings. The van der Waals surface area contributed by atoms with Gasteiger partial charge in [0.1, 0.15) is 0 Å². The number of hydrogen-bond donors (Lipinski definition) is 2. The van der Waals surface area contributed by atoms with Crippen LogP contribution in [0.3, 0.4) is 0 Å². The highest BCUT2D eigenvalue weighted by atomic mass is 16.5. The fraction of sp³-hybridized carbons (Fsp3) is 0.667. The minimum atomic E-state index is -1.35. The van der Waals surface area contributed by atoms with Crippen molar-refractivity contribution in [2.24, 2.45) is 11.8 Å². The van der Waals surface area contributed by atoms with Crippen LogP contribution in [0.4, 0.5) is 0 Å². The van der Waals surface area contributed by atoms with E-state index in [9.17, 15) is 19.2 Å². The number of esters is 2. The Labute approximate surface area is 162 Å². The summed E-state index contributed by atoms with van der Waals surface area (Å²) in [6.45, 7) is 0.0917. The molecule has 154 valence electrons. The molecule has 0 heterocycles. The lowest BCUT2D eigenvalue weighted by atomic mass is 10.0. The van der Waals surface area contributed by atoms with Crippen LogP contribution in [0.25, 0.3) is 0 Å². The van der Waals surface area contributed by atoms with Crippen LogP contribution in [0, 0.1) is 34.5 Å². The molecule has 0 amide bonds. The van der Waals surface area contributed by atoms with E-state index >= 15 is 0 Å². The van der Waals surface area contributed by atoms with Crippen molar-refractivity contribution < 1.29 is 38.9 Å². The number of hydrogen-bond acceptors (Lipinski definition) is 8. The number of aliphatic carboxylic acids is 2. The van der Waals surface area contributed by atoms with Gasteiger partial charge < -0.3 is 19.7 Å². The Morgan fingerprint density at radius 3 is 1.36 bits per heavy atom. The second-order valence-electron chi connectivity index (χ2n) is 5.92. The number of rotatable bonds is 15. The van der Waals surface area contributed by atoms with Gasteiger partial charge in [-0.15, -0.1) is 0 Å². The number of nitriles is 2. The van der Waals surface area contributed by atoms with Crippen molar-refractivity contribution in [3.8, 4) is 12.1 Å². The highest BCUT2D eigenvalue weighted by molar-refractivity contribution is 5.94. The second kappa shape index (κ2) is 15.0. The Kier molecular flexibility index (Phi) is 13.3. The Hall–Kier alpha value is -3.14. The number of nitrogens with zero attached hydrogens (tertiary/aromatic N) is 2. The largest absolute Gasteiger partial charge is 0.481 e. The normalized spacial score (nSPS) is 12.1. The van der Waals surface area contributed by atoms with Gasteiger partial charge in [0, 0.05) is 12.8 Å². The monoisotopic (exact) mass is 396 g/mol. The fourth-order valence-corrected chi connectivity index (χ4v) is 2.21. The average molecular weight is 396 g/mol. The maximum absolute atomic E-state index is 11.7. The SMILES string of the molecule is N#CCCC(C(=O)O)C(=O)OCCCCCCOC(=O)C(CCC#N)C(=O)O. The molecule has 0 aromatic rings. The summed E-state index contributed by atoms with van der Waals surface area (Å²) in [5.41, 5.74) is 0. The first-order chi connectivity index (χ1) is 13.3.